The number of nitrogens with zero attached hydrogens (tertiary/aromatic N) is 2. The van der Waals surface area contributed by atoms with E-state index in [-0.39, 0.29) is 11.8 Å². The second-order valence-electron chi connectivity index (χ2n) is 7.13. The number of benzene rings is 3. The summed E-state index contributed by atoms with van der Waals surface area (Å²) in [6.45, 7) is 4.05. The van der Waals surface area contributed by atoms with Crippen LogP contribution in [0.4, 0.5) is 5.69 Å². The Balaban J connectivity index is 1.50. The van der Waals surface area contributed by atoms with Crippen molar-refractivity contribution in [2.24, 2.45) is 0 Å². The molecule has 1 heterocycles. The number of imidazole rings is 1. The number of carbonyl (C=O) groups is 2. The van der Waals surface area contributed by atoms with Crippen LogP contribution in [-0.4, -0.2) is 21.4 Å². The molecule has 4 aromatic rings. The van der Waals surface area contributed by atoms with Crippen LogP contribution in [0.25, 0.3) is 11.0 Å². The number of carbonyl (C=O) groups excluding carboxylic acids is 2. The molecule has 0 spiro atoms. The molecule has 4 rings (SSSR count). The van der Waals surface area contributed by atoms with Crippen molar-refractivity contribution in [1.82, 2.24) is 9.55 Å². The highest BCUT2D eigenvalue weighted by Gasteiger charge is 2.14. The summed E-state index contributed by atoms with van der Waals surface area (Å²) >= 11 is 0. The Morgan fingerprint density at radius 2 is 1.62 bits per heavy atom. The van der Waals surface area contributed by atoms with E-state index in [1.807, 2.05) is 56.3 Å². The quantitative estimate of drug-likeness (QED) is 0.563. The van der Waals surface area contributed by atoms with E-state index >= 15 is 0 Å². The summed E-state index contributed by atoms with van der Waals surface area (Å²) in [6, 6.07) is 20.4. The molecular weight excluding hydrogens is 362 g/mol. The molecule has 5 heteroatoms. The van der Waals surface area contributed by atoms with Crippen molar-refractivity contribution in [3.63, 3.8) is 0 Å². The van der Waals surface area contributed by atoms with Gasteiger partial charge >= 0.3 is 0 Å². The van der Waals surface area contributed by atoms with Gasteiger partial charge in [0.1, 0.15) is 6.33 Å². The van der Waals surface area contributed by atoms with Gasteiger partial charge < -0.3 is 5.32 Å². The van der Waals surface area contributed by atoms with Crippen LogP contribution < -0.4 is 5.32 Å². The molecule has 0 atom stereocenters. The summed E-state index contributed by atoms with van der Waals surface area (Å²) in [5, 5.41) is 2.87. The molecule has 0 bridgehead atoms. The van der Waals surface area contributed by atoms with Crippen molar-refractivity contribution in [3.8, 4) is 0 Å². The zero-order valence-corrected chi connectivity index (χ0v) is 16.3. The third-order valence-electron chi connectivity index (χ3n) is 5.00. The first-order valence-corrected chi connectivity index (χ1v) is 9.44. The Morgan fingerprint density at radius 1 is 0.931 bits per heavy atom. The van der Waals surface area contributed by atoms with Crippen molar-refractivity contribution < 1.29 is 9.59 Å². The average Bonchev–Trinajstić information content (AvgIpc) is 3.11. The summed E-state index contributed by atoms with van der Waals surface area (Å²) in [4.78, 5) is 29.5. The van der Waals surface area contributed by atoms with Crippen LogP contribution in [-0.2, 0) is 11.2 Å². The first-order chi connectivity index (χ1) is 14.0. The van der Waals surface area contributed by atoms with Crippen molar-refractivity contribution in [3.05, 3.63) is 95.3 Å². The van der Waals surface area contributed by atoms with Crippen LogP contribution in [0.15, 0.2) is 73.1 Å². The van der Waals surface area contributed by atoms with Gasteiger partial charge in [0.05, 0.1) is 17.5 Å². The number of amides is 1. The maximum Gasteiger partial charge on any atom is 0.263 e. The molecule has 0 fully saturated rings. The molecule has 1 aromatic heterocycles. The van der Waals surface area contributed by atoms with E-state index in [2.05, 4.69) is 10.3 Å². The molecule has 29 heavy (non-hydrogen) atoms. The molecule has 144 valence electrons. The fraction of sp³-hybridized carbons (Fsp3) is 0.125. The van der Waals surface area contributed by atoms with E-state index < -0.39 is 0 Å². The topological polar surface area (TPSA) is 64.0 Å². The summed E-state index contributed by atoms with van der Waals surface area (Å²) in [5.74, 6) is -0.250. The van der Waals surface area contributed by atoms with E-state index in [1.54, 1.807) is 35.2 Å². The number of aryl methyl sites for hydroxylation is 2. The van der Waals surface area contributed by atoms with Crippen molar-refractivity contribution in [2.75, 3.05) is 5.32 Å². The van der Waals surface area contributed by atoms with E-state index in [9.17, 15) is 9.59 Å². The Kier molecular flexibility index (Phi) is 4.96. The van der Waals surface area contributed by atoms with Crippen molar-refractivity contribution in [2.45, 2.75) is 20.3 Å². The first kappa shape index (κ1) is 18.6. The zero-order chi connectivity index (χ0) is 20.4. The smallest absolute Gasteiger partial charge is 0.263 e. The molecule has 0 saturated carbocycles. The summed E-state index contributed by atoms with van der Waals surface area (Å²) < 4.78 is 1.56. The minimum atomic E-state index is -0.155. The lowest BCUT2D eigenvalue weighted by Gasteiger charge is -2.08. The fourth-order valence-electron chi connectivity index (χ4n) is 3.25. The van der Waals surface area contributed by atoms with Crippen LogP contribution in [0.1, 0.15) is 27.0 Å². The van der Waals surface area contributed by atoms with Gasteiger partial charge in [0.15, 0.2) is 0 Å². The standard InChI is InChI=1S/C24H21N3O2/c1-16-12-21-22(13-17(16)2)27(15-25-21)24(29)19-8-10-20(11-9-19)26-23(28)14-18-6-4-3-5-7-18/h3-13,15H,14H2,1-2H3,(H,26,28). The van der Waals surface area contributed by atoms with Gasteiger partial charge in [-0.3, -0.25) is 14.2 Å². The summed E-state index contributed by atoms with van der Waals surface area (Å²) in [7, 11) is 0. The number of rotatable bonds is 4. The average molecular weight is 383 g/mol. The van der Waals surface area contributed by atoms with E-state index in [1.165, 1.54) is 0 Å². The predicted octanol–water partition coefficient (Wildman–Crippen LogP) is 4.52. The predicted molar refractivity (Wildman–Crippen MR) is 114 cm³/mol. The lowest BCUT2D eigenvalue weighted by molar-refractivity contribution is -0.115. The number of hydrogen-bond donors (Lipinski definition) is 1. The number of aromatic nitrogens is 2. The SMILES string of the molecule is Cc1cc2ncn(C(=O)c3ccc(NC(=O)Cc4ccccc4)cc3)c2cc1C. The molecule has 0 unspecified atom stereocenters. The minimum Gasteiger partial charge on any atom is -0.326 e. The summed E-state index contributed by atoms with van der Waals surface area (Å²) in [5.41, 5.74) is 5.99. The Labute approximate surface area is 169 Å². The number of fused-ring (bicyclic) bond motifs is 1. The molecule has 0 aliphatic rings. The largest absolute Gasteiger partial charge is 0.326 e. The second-order valence-corrected chi connectivity index (χ2v) is 7.13. The highest BCUT2D eigenvalue weighted by atomic mass is 16.2. The molecule has 0 radical (unpaired) electrons. The third-order valence-corrected chi connectivity index (χ3v) is 5.00. The van der Waals surface area contributed by atoms with Gasteiger partial charge in [-0.05, 0) is 66.9 Å². The van der Waals surface area contributed by atoms with Gasteiger partial charge in [-0.2, -0.15) is 0 Å². The normalized spacial score (nSPS) is 10.8. The summed E-state index contributed by atoms with van der Waals surface area (Å²) in [6.07, 6.45) is 1.86. The monoisotopic (exact) mass is 383 g/mol. The highest BCUT2D eigenvalue weighted by Crippen LogP contribution is 2.20. The van der Waals surface area contributed by atoms with E-state index in [0.29, 0.717) is 17.7 Å². The molecule has 3 aromatic carbocycles. The molecule has 1 amide bonds. The molecule has 0 saturated heterocycles. The first-order valence-electron chi connectivity index (χ1n) is 9.44. The number of hydrogen-bond acceptors (Lipinski definition) is 3. The fourth-order valence-corrected chi connectivity index (χ4v) is 3.25. The van der Waals surface area contributed by atoms with Crippen molar-refractivity contribution in [1.29, 1.82) is 0 Å². The third kappa shape index (κ3) is 3.94. The highest BCUT2D eigenvalue weighted by molar-refractivity contribution is 6.02. The number of nitrogens with one attached hydrogen (secondary N) is 1. The van der Waals surface area contributed by atoms with Gasteiger partial charge in [0.25, 0.3) is 5.91 Å². The van der Waals surface area contributed by atoms with Crippen molar-refractivity contribution >= 4 is 28.5 Å². The van der Waals surface area contributed by atoms with Crippen LogP contribution in [0.3, 0.4) is 0 Å². The maximum atomic E-state index is 12.9. The van der Waals surface area contributed by atoms with Crippen LogP contribution >= 0.6 is 0 Å². The van der Waals surface area contributed by atoms with E-state index in [4.69, 9.17) is 0 Å². The van der Waals surface area contributed by atoms with Gasteiger partial charge in [-0.1, -0.05) is 30.3 Å². The Hall–Kier alpha value is -3.73. The lowest BCUT2D eigenvalue weighted by Crippen LogP contribution is -2.15. The number of anilines is 1. The molecular formula is C24H21N3O2. The van der Waals surface area contributed by atoms with Gasteiger partial charge in [-0.15, -0.1) is 0 Å². The van der Waals surface area contributed by atoms with Crippen LogP contribution in [0.5, 0.6) is 0 Å². The zero-order valence-electron chi connectivity index (χ0n) is 16.3. The molecule has 0 aliphatic carbocycles. The second kappa shape index (κ2) is 7.72. The van der Waals surface area contributed by atoms with Crippen LogP contribution in [0.2, 0.25) is 0 Å². The Bertz CT molecular complexity index is 1190. The van der Waals surface area contributed by atoms with Gasteiger partial charge in [0.2, 0.25) is 5.91 Å². The van der Waals surface area contributed by atoms with E-state index in [0.717, 1.165) is 27.7 Å². The maximum absolute atomic E-state index is 12.9. The molecule has 0 aliphatic heterocycles. The molecule has 5 nitrogen and oxygen atoms in total. The lowest BCUT2D eigenvalue weighted by atomic mass is 10.1. The minimum absolute atomic E-state index is 0.0956. The van der Waals surface area contributed by atoms with Gasteiger partial charge in [-0.25, -0.2) is 4.98 Å². The molecule has 1 N–H and O–H groups in total. The van der Waals surface area contributed by atoms with Crippen LogP contribution in [0, 0.1) is 13.8 Å². The Morgan fingerprint density at radius 3 is 2.34 bits per heavy atom. The van der Waals surface area contributed by atoms with Gasteiger partial charge in [0, 0.05) is 11.3 Å².